The fourth-order valence-corrected chi connectivity index (χ4v) is 2.09. The third-order valence-electron chi connectivity index (χ3n) is 2.38. The van der Waals surface area contributed by atoms with Gasteiger partial charge in [-0.3, -0.25) is 9.36 Å². The average molecular weight is 275 g/mol. The van der Waals surface area contributed by atoms with E-state index in [0.29, 0.717) is 6.54 Å². The van der Waals surface area contributed by atoms with E-state index < -0.39 is 5.82 Å². The fraction of sp³-hybridized carbons (Fsp3) is 0.273. The fourth-order valence-electron chi connectivity index (χ4n) is 1.64. The Morgan fingerprint density at radius 3 is 2.76 bits per heavy atom. The normalized spacial score (nSPS) is 11.1. The highest BCUT2D eigenvalue weighted by Gasteiger charge is 2.13. The van der Waals surface area contributed by atoms with E-state index in [1.807, 2.05) is 6.92 Å². The number of nitrogens with zero attached hydrogens (tertiary/aromatic N) is 2. The number of hydrogen-bond donors (Lipinski definition) is 0. The monoisotopic (exact) mass is 274 g/mol. The first-order chi connectivity index (χ1) is 8.04. The zero-order valence-electron chi connectivity index (χ0n) is 9.01. The molecule has 0 unspecified atom stereocenters. The second kappa shape index (κ2) is 4.63. The SMILES string of the molecule is CCCn1c(Cl)nc2c(F)cc(Cl)cc2c1=O. The zero-order chi connectivity index (χ0) is 12.6. The summed E-state index contributed by atoms with van der Waals surface area (Å²) in [5.74, 6) is -0.643. The highest BCUT2D eigenvalue weighted by atomic mass is 35.5. The van der Waals surface area contributed by atoms with Crippen LogP contribution in [0.4, 0.5) is 4.39 Å². The maximum Gasteiger partial charge on any atom is 0.262 e. The Morgan fingerprint density at radius 2 is 2.12 bits per heavy atom. The molecule has 3 nitrogen and oxygen atoms in total. The molecule has 0 N–H and O–H groups in total. The van der Waals surface area contributed by atoms with Crippen molar-refractivity contribution in [3.8, 4) is 0 Å². The maximum atomic E-state index is 13.6. The van der Waals surface area contributed by atoms with E-state index in [4.69, 9.17) is 23.2 Å². The van der Waals surface area contributed by atoms with Gasteiger partial charge in [-0.2, -0.15) is 0 Å². The molecule has 0 amide bonds. The van der Waals surface area contributed by atoms with E-state index in [1.54, 1.807) is 0 Å². The molecule has 0 aliphatic rings. The minimum Gasteiger partial charge on any atom is -0.283 e. The Bertz CT molecular complexity index is 639. The van der Waals surface area contributed by atoms with Gasteiger partial charge in [-0.25, -0.2) is 9.37 Å². The van der Waals surface area contributed by atoms with Crippen molar-refractivity contribution in [2.75, 3.05) is 0 Å². The third kappa shape index (κ3) is 2.15. The molecule has 0 aliphatic carbocycles. The number of fused-ring (bicyclic) bond motifs is 1. The van der Waals surface area contributed by atoms with Crippen LogP contribution < -0.4 is 5.56 Å². The Hall–Kier alpha value is -1.13. The van der Waals surface area contributed by atoms with Gasteiger partial charge in [0.2, 0.25) is 5.28 Å². The van der Waals surface area contributed by atoms with Crippen LogP contribution in [-0.2, 0) is 6.54 Å². The minimum absolute atomic E-state index is 0.00873. The van der Waals surface area contributed by atoms with E-state index in [1.165, 1.54) is 10.6 Å². The van der Waals surface area contributed by atoms with Crippen molar-refractivity contribution >= 4 is 34.1 Å². The van der Waals surface area contributed by atoms with Crippen molar-refractivity contribution in [1.82, 2.24) is 9.55 Å². The van der Waals surface area contributed by atoms with Gasteiger partial charge in [0.1, 0.15) is 5.52 Å². The van der Waals surface area contributed by atoms with Crippen LogP contribution in [-0.4, -0.2) is 9.55 Å². The number of halogens is 3. The first-order valence-corrected chi connectivity index (χ1v) is 5.85. The first kappa shape index (κ1) is 12.3. The predicted octanol–water partition coefficient (Wildman–Crippen LogP) is 3.25. The standard InChI is InChI=1S/C11H9Cl2FN2O/c1-2-3-16-10(17)7-4-6(12)5-8(14)9(7)15-11(16)13/h4-5H,2-3H2,1H3. The minimum atomic E-state index is -0.643. The number of hydrogen-bond acceptors (Lipinski definition) is 2. The molecular weight excluding hydrogens is 266 g/mol. The van der Waals surface area contributed by atoms with Crippen molar-refractivity contribution in [3.05, 3.63) is 38.6 Å². The summed E-state index contributed by atoms with van der Waals surface area (Å²) < 4.78 is 14.9. The summed E-state index contributed by atoms with van der Waals surface area (Å²) in [6, 6.07) is 2.51. The molecule has 0 spiro atoms. The molecule has 17 heavy (non-hydrogen) atoms. The van der Waals surface area contributed by atoms with Crippen molar-refractivity contribution in [2.45, 2.75) is 19.9 Å². The Morgan fingerprint density at radius 1 is 1.41 bits per heavy atom. The van der Waals surface area contributed by atoms with Crippen molar-refractivity contribution in [2.24, 2.45) is 0 Å². The van der Waals surface area contributed by atoms with Gasteiger partial charge in [-0.15, -0.1) is 0 Å². The second-order valence-corrected chi connectivity index (χ2v) is 4.40. The second-order valence-electron chi connectivity index (χ2n) is 3.62. The molecule has 6 heteroatoms. The quantitative estimate of drug-likeness (QED) is 0.788. The summed E-state index contributed by atoms with van der Waals surface area (Å²) in [5.41, 5.74) is -0.417. The van der Waals surface area contributed by atoms with Crippen LogP contribution in [0.15, 0.2) is 16.9 Å². The summed E-state index contributed by atoms with van der Waals surface area (Å²) in [6.45, 7) is 2.35. The van der Waals surface area contributed by atoms with Crippen molar-refractivity contribution < 1.29 is 4.39 Å². The van der Waals surface area contributed by atoms with Gasteiger partial charge in [-0.05, 0) is 30.2 Å². The van der Waals surface area contributed by atoms with E-state index in [2.05, 4.69) is 4.98 Å². The molecular formula is C11H9Cl2FN2O. The topological polar surface area (TPSA) is 34.9 Å². The molecule has 2 rings (SSSR count). The molecule has 1 aromatic carbocycles. The lowest BCUT2D eigenvalue weighted by Gasteiger charge is -2.08. The predicted molar refractivity (Wildman–Crippen MR) is 66.3 cm³/mol. The van der Waals surface area contributed by atoms with E-state index in [9.17, 15) is 9.18 Å². The third-order valence-corrected chi connectivity index (χ3v) is 2.88. The molecule has 0 saturated carbocycles. The largest absolute Gasteiger partial charge is 0.283 e. The zero-order valence-corrected chi connectivity index (χ0v) is 10.5. The van der Waals surface area contributed by atoms with Gasteiger partial charge in [-0.1, -0.05) is 18.5 Å². The number of rotatable bonds is 2. The van der Waals surface area contributed by atoms with Crippen LogP contribution in [0.1, 0.15) is 13.3 Å². The summed E-state index contributed by atoms with van der Waals surface area (Å²) in [7, 11) is 0. The van der Waals surface area contributed by atoms with Gasteiger partial charge < -0.3 is 0 Å². The Labute approximate surface area is 107 Å². The van der Waals surface area contributed by atoms with Crippen LogP contribution >= 0.6 is 23.2 Å². The first-order valence-electron chi connectivity index (χ1n) is 5.09. The summed E-state index contributed by atoms with van der Waals surface area (Å²) >= 11 is 11.6. The summed E-state index contributed by atoms with van der Waals surface area (Å²) in [5, 5.41) is 0.303. The average Bonchev–Trinajstić information content (AvgIpc) is 2.26. The molecule has 0 aliphatic heterocycles. The van der Waals surface area contributed by atoms with Crippen LogP contribution in [0.5, 0.6) is 0 Å². The molecule has 0 saturated heterocycles. The highest BCUT2D eigenvalue weighted by Crippen LogP contribution is 2.20. The molecule has 1 aromatic heterocycles. The number of aromatic nitrogens is 2. The van der Waals surface area contributed by atoms with Gasteiger partial charge in [0, 0.05) is 11.6 Å². The van der Waals surface area contributed by atoms with Crippen LogP contribution in [0.2, 0.25) is 10.3 Å². The molecule has 2 aromatic rings. The van der Waals surface area contributed by atoms with Crippen LogP contribution in [0.25, 0.3) is 10.9 Å². The van der Waals surface area contributed by atoms with Gasteiger partial charge in [0.25, 0.3) is 5.56 Å². The smallest absolute Gasteiger partial charge is 0.262 e. The Balaban J connectivity index is 2.87. The van der Waals surface area contributed by atoms with Crippen molar-refractivity contribution in [3.63, 3.8) is 0 Å². The number of benzene rings is 1. The van der Waals surface area contributed by atoms with Gasteiger partial charge in [0.05, 0.1) is 5.39 Å². The lowest BCUT2D eigenvalue weighted by molar-refractivity contribution is 0.626. The van der Waals surface area contributed by atoms with Crippen LogP contribution in [0.3, 0.4) is 0 Å². The van der Waals surface area contributed by atoms with Gasteiger partial charge >= 0.3 is 0 Å². The van der Waals surface area contributed by atoms with E-state index in [0.717, 1.165) is 12.5 Å². The lowest BCUT2D eigenvalue weighted by Crippen LogP contribution is -2.22. The summed E-state index contributed by atoms with van der Waals surface area (Å²) in [6.07, 6.45) is 0.732. The van der Waals surface area contributed by atoms with Gasteiger partial charge in [0.15, 0.2) is 5.82 Å². The molecule has 0 radical (unpaired) electrons. The van der Waals surface area contributed by atoms with E-state index >= 15 is 0 Å². The Kier molecular flexibility index (Phi) is 3.35. The maximum absolute atomic E-state index is 13.6. The molecule has 0 bridgehead atoms. The molecule has 1 heterocycles. The highest BCUT2D eigenvalue weighted by molar-refractivity contribution is 6.31. The van der Waals surface area contributed by atoms with E-state index in [-0.39, 0.29) is 26.8 Å². The van der Waals surface area contributed by atoms with Crippen molar-refractivity contribution in [1.29, 1.82) is 0 Å². The molecule has 0 fully saturated rings. The molecule has 90 valence electrons. The molecule has 0 atom stereocenters. The van der Waals surface area contributed by atoms with Crippen LogP contribution in [0, 0.1) is 5.82 Å². The lowest BCUT2D eigenvalue weighted by atomic mass is 10.2. The summed E-state index contributed by atoms with van der Waals surface area (Å²) in [4.78, 5) is 15.9.